The first-order valence-corrected chi connectivity index (χ1v) is 9.16. The monoisotopic (exact) mass is 333 g/mol. The highest BCUT2D eigenvalue weighted by Crippen LogP contribution is 2.53. The van der Waals surface area contributed by atoms with Crippen LogP contribution in [0.15, 0.2) is 60.3 Å². The molecule has 0 atom stereocenters. The van der Waals surface area contributed by atoms with Crippen LogP contribution >= 0.6 is 0 Å². The van der Waals surface area contributed by atoms with Gasteiger partial charge in [0.2, 0.25) is 5.88 Å². The van der Waals surface area contributed by atoms with Crippen LogP contribution in [0.25, 0.3) is 5.57 Å². The van der Waals surface area contributed by atoms with Crippen molar-refractivity contribution in [2.24, 2.45) is 5.41 Å². The minimum Gasteiger partial charge on any atom is -0.476 e. The van der Waals surface area contributed by atoms with Gasteiger partial charge in [-0.15, -0.1) is 0 Å². The molecule has 0 spiro atoms. The van der Waals surface area contributed by atoms with E-state index in [1.165, 1.54) is 24.0 Å². The molecule has 4 rings (SSSR count). The lowest BCUT2D eigenvalue weighted by molar-refractivity contribution is 0.127. The van der Waals surface area contributed by atoms with Gasteiger partial charge in [-0.05, 0) is 48.5 Å². The molecule has 1 radical (unpaired) electrons. The first kappa shape index (κ1) is 16.3. The molecule has 0 N–H and O–H groups in total. The number of benzene rings is 1. The fourth-order valence-electron chi connectivity index (χ4n) is 3.72. The summed E-state index contributed by atoms with van der Waals surface area (Å²) >= 11 is 0. The Balaban J connectivity index is 1.28. The van der Waals surface area contributed by atoms with Gasteiger partial charge in [-0.3, -0.25) is 4.90 Å². The summed E-state index contributed by atoms with van der Waals surface area (Å²) in [6.07, 6.45) is 6.60. The van der Waals surface area contributed by atoms with E-state index in [0.29, 0.717) is 12.0 Å². The van der Waals surface area contributed by atoms with Crippen LogP contribution in [0.1, 0.15) is 25.3 Å². The Morgan fingerprint density at radius 3 is 2.52 bits per heavy atom. The maximum absolute atomic E-state index is 5.73. The summed E-state index contributed by atoms with van der Waals surface area (Å²) in [5, 5.41) is 0. The van der Waals surface area contributed by atoms with Crippen LogP contribution in [0.3, 0.4) is 0 Å². The Kier molecular flexibility index (Phi) is 4.58. The molecule has 3 nitrogen and oxygen atoms in total. The van der Waals surface area contributed by atoms with Crippen molar-refractivity contribution < 1.29 is 4.74 Å². The van der Waals surface area contributed by atoms with Crippen molar-refractivity contribution in [1.29, 1.82) is 0 Å². The van der Waals surface area contributed by atoms with Crippen LogP contribution in [0.4, 0.5) is 0 Å². The number of piperidine rings is 1. The van der Waals surface area contributed by atoms with E-state index in [0.717, 1.165) is 25.5 Å². The number of ether oxygens (including phenoxy) is 1. The van der Waals surface area contributed by atoms with E-state index in [-0.39, 0.29) is 0 Å². The van der Waals surface area contributed by atoms with Crippen LogP contribution in [-0.2, 0) is 0 Å². The van der Waals surface area contributed by atoms with Gasteiger partial charge in [0, 0.05) is 25.2 Å². The molecule has 1 fully saturated rings. The lowest BCUT2D eigenvalue weighted by atomic mass is 9.77. The van der Waals surface area contributed by atoms with Crippen LogP contribution in [0.5, 0.6) is 5.88 Å². The molecule has 2 heterocycles. The lowest BCUT2D eigenvalue weighted by Gasteiger charge is -2.38. The smallest absolute Gasteiger partial charge is 0.213 e. The van der Waals surface area contributed by atoms with E-state index in [4.69, 9.17) is 4.74 Å². The van der Waals surface area contributed by atoms with E-state index in [9.17, 15) is 0 Å². The molecule has 1 aromatic carbocycles. The SMILES string of the molecule is CC1(C2=C(c3ccccc3)[CH]2)CCN(CCOc2ccccn2)CC1. The molecule has 2 aromatic rings. The van der Waals surface area contributed by atoms with Gasteiger partial charge >= 0.3 is 0 Å². The van der Waals surface area contributed by atoms with E-state index in [1.54, 1.807) is 11.8 Å². The molecule has 25 heavy (non-hydrogen) atoms. The molecular formula is C22H25N2O. The predicted octanol–water partition coefficient (Wildman–Crippen LogP) is 4.23. The Labute approximate surface area is 150 Å². The molecule has 1 aliphatic carbocycles. The van der Waals surface area contributed by atoms with Crippen molar-refractivity contribution in [2.45, 2.75) is 19.8 Å². The number of hydrogen-bond donors (Lipinski definition) is 0. The van der Waals surface area contributed by atoms with Crippen LogP contribution in [-0.4, -0.2) is 36.1 Å². The zero-order valence-electron chi connectivity index (χ0n) is 14.8. The Bertz CT molecular complexity index is 731. The molecule has 0 amide bonds. The second kappa shape index (κ2) is 7.01. The Morgan fingerprint density at radius 1 is 1.04 bits per heavy atom. The van der Waals surface area contributed by atoms with Crippen molar-refractivity contribution in [3.63, 3.8) is 0 Å². The Hall–Kier alpha value is -2.13. The van der Waals surface area contributed by atoms with Crippen molar-refractivity contribution in [1.82, 2.24) is 9.88 Å². The zero-order chi connectivity index (χ0) is 17.1. The second-order valence-electron chi connectivity index (χ2n) is 7.26. The molecule has 129 valence electrons. The van der Waals surface area contributed by atoms with Gasteiger partial charge in [0.1, 0.15) is 6.61 Å². The van der Waals surface area contributed by atoms with E-state index in [1.807, 2.05) is 18.2 Å². The maximum Gasteiger partial charge on any atom is 0.213 e. The van der Waals surface area contributed by atoms with Gasteiger partial charge in [0.15, 0.2) is 0 Å². The van der Waals surface area contributed by atoms with Gasteiger partial charge < -0.3 is 4.74 Å². The highest BCUT2D eigenvalue weighted by molar-refractivity contribution is 5.93. The van der Waals surface area contributed by atoms with Gasteiger partial charge in [-0.25, -0.2) is 4.98 Å². The largest absolute Gasteiger partial charge is 0.476 e. The number of hydrogen-bond acceptors (Lipinski definition) is 3. The van der Waals surface area contributed by atoms with Gasteiger partial charge in [0.05, 0.1) is 0 Å². The fourth-order valence-corrected chi connectivity index (χ4v) is 3.72. The predicted molar refractivity (Wildman–Crippen MR) is 101 cm³/mol. The first-order chi connectivity index (χ1) is 12.2. The Morgan fingerprint density at radius 2 is 1.80 bits per heavy atom. The average Bonchev–Trinajstić information content (AvgIpc) is 3.47. The minimum atomic E-state index is 0.337. The molecule has 0 unspecified atom stereocenters. The third-order valence-electron chi connectivity index (χ3n) is 5.49. The van der Waals surface area contributed by atoms with E-state index in [2.05, 4.69) is 53.6 Å². The van der Waals surface area contributed by atoms with Crippen LogP contribution in [0, 0.1) is 11.8 Å². The third-order valence-corrected chi connectivity index (χ3v) is 5.49. The molecule has 1 aliphatic heterocycles. The molecule has 1 aromatic heterocycles. The van der Waals surface area contributed by atoms with Gasteiger partial charge in [0.25, 0.3) is 0 Å². The number of rotatable bonds is 6. The van der Waals surface area contributed by atoms with E-state index < -0.39 is 0 Å². The van der Waals surface area contributed by atoms with E-state index >= 15 is 0 Å². The van der Waals surface area contributed by atoms with Crippen molar-refractivity contribution >= 4 is 5.57 Å². The summed E-state index contributed by atoms with van der Waals surface area (Å²) in [6.45, 7) is 6.39. The number of likely N-dealkylation sites (tertiary alicyclic amines) is 1. The second-order valence-corrected chi connectivity index (χ2v) is 7.26. The van der Waals surface area contributed by atoms with Gasteiger partial charge in [-0.1, -0.05) is 48.9 Å². The molecule has 0 saturated carbocycles. The summed E-state index contributed by atoms with van der Waals surface area (Å²) in [4.78, 5) is 6.71. The summed E-state index contributed by atoms with van der Waals surface area (Å²) in [5.41, 5.74) is 4.74. The molecule has 0 bridgehead atoms. The molecular weight excluding hydrogens is 308 g/mol. The van der Waals surface area contributed by atoms with Gasteiger partial charge in [-0.2, -0.15) is 0 Å². The third kappa shape index (κ3) is 3.77. The molecule has 2 aliphatic rings. The summed E-state index contributed by atoms with van der Waals surface area (Å²) in [7, 11) is 0. The summed E-state index contributed by atoms with van der Waals surface area (Å²) in [6, 6.07) is 16.5. The normalized spacial score (nSPS) is 19.7. The summed E-state index contributed by atoms with van der Waals surface area (Å²) < 4.78 is 5.73. The average molecular weight is 333 g/mol. The van der Waals surface area contributed by atoms with Crippen LogP contribution in [0.2, 0.25) is 0 Å². The first-order valence-electron chi connectivity index (χ1n) is 9.16. The number of pyridine rings is 1. The summed E-state index contributed by atoms with van der Waals surface area (Å²) in [5.74, 6) is 0.717. The van der Waals surface area contributed by atoms with Crippen molar-refractivity contribution in [3.05, 3.63) is 72.3 Å². The highest BCUT2D eigenvalue weighted by atomic mass is 16.5. The maximum atomic E-state index is 5.73. The topological polar surface area (TPSA) is 25.4 Å². The molecule has 1 saturated heterocycles. The van der Waals surface area contributed by atoms with Crippen molar-refractivity contribution in [2.75, 3.05) is 26.2 Å². The number of aromatic nitrogens is 1. The standard InChI is InChI=1S/C22H25N2O/c1-22(20-17-19(20)18-7-3-2-4-8-18)10-13-24(14-11-22)15-16-25-21-9-5-6-12-23-21/h2-9,12,17H,10-11,13-16H2,1H3. The highest BCUT2D eigenvalue weighted by Gasteiger charge is 2.41. The lowest BCUT2D eigenvalue weighted by Crippen LogP contribution is -2.40. The quantitative estimate of drug-likeness (QED) is 0.791. The number of nitrogens with zero attached hydrogens (tertiary/aromatic N) is 2. The fraction of sp³-hybridized carbons (Fsp3) is 0.364. The zero-order valence-corrected chi connectivity index (χ0v) is 14.8. The molecule has 3 heteroatoms. The van der Waals surface area contributed by atoms with Crippen LogP contribution < -0.4 is 4.74 Å². The van der Waals surface area contributed by atoms with Crippen molar-refractivity contribution in [3.8, 4) is 5.88 Å². The minimum absolute atomic E-state index is 0.337. The number of allylic oxidation sites excluding steroid dienone is 2.